The summed E-state index contributed by atoms with van der Waals surface area (Å²) in [5, 5.41) is 23.4. The first-order valence-corrected chi connectivity index (χ1v) is 32.9. The van der Waals surface area contributed by atoms with Crippen molar-refractivity contribution in [1.29, 1.82) is 0 Å². The van der Waals surface area contributed by atoms with Gasteiger partial charge in [0.25, 0.3) is 0 Å². The predicted molar refractivity (Wildman–Crippen MR) is 315 cm³/mol. The molecule has 0 spiro atoms. The summed E-state index contributed by atoms with van der Waals surface area (Å²) in [5.41, 5.74) is 0. The molecule has 72 heavy (non-hydrogen) atoms. The minimum Gasteiger partial charge on any atom is -0.466 e. The van der Waals surface area contributed by atoms with Crippen LogP contribution < -0.4 is 5.32 Å². The fraction of sp³-hybridized carbons (Fsp3) is 0.939. The largest absolute Gasteiger partial charge is 0.466 e. The number of hydrogen-bond acceptors (Lipinski definition) is 5. The fourth-order valence-corrected chi connectivity index (χ4v) is 10.5. The third kappa shape index (κ3) is 57.9. The Kier molecular flexibility index (Phi) is 60.9. The number of allylic oxidation sites excluding steroid dienone is 2. The molecule has 2 unspecified atom stereocenters. The molecule has 1 amide bonds. The minimum absolute atomic E-state index is 0.00397. The van der Waals surface area contributed by atoms with Gasteiger partial charge >= 0.3 is 5.97 Å². The second-order valence-electron chi connectivity index (χ2n) is 22.8. The number of aliphatic hydroxyl groups is 2. The van der Waals surface area contributed by atoms with Gasteiger partial charge in [0.05, 0.1) is 25.4 Å². The van der Waals surface area contributed by atoms with E-state index in [2.05, 4.69) is 31.3 Å². The van der Waals surface area contributed by atoms with Gasteiger partial charge in [-0.3, -0.25) is 9.59 Å². The number of esters is 1. The Bertz CT molecular complexity index is 1080. The van der Waals surface area contributed by atoms with E-state index in [4.69, 9.17) is 4.74 Å². The highest BCUT2D eigenvalue weighted by molar-refractivity contribution is 5.76. The Hall–Kier alpha value is -1.40. The lowest BCUT2D eigenvalue weighted by atomic mass is 10.0. The summed E-state index contributed by atoms with van der Waals surface area (Å²) in [6.45, 7) is 4.96. The van der Waals surface area contributed by atoms with Gasteiger partial charge in [0.2, 0.25) is 5.91 Å². The van der Waals surface area contributed by atoms with Crippen LogP contribution in [0.25, 0.3) is 0 Å². The summed E-state index contributed by atoms with van der Waals surface area (Å²) in [6.07, 6.45) is 75.1. The van der Waals surface area contributed by atoms with Crippen molar-refractivity contribution in [2.75, 3.05) is 13.2 Å². The van der Waals surface area contributed by atoms with Crippen LogP contribution in [0.4, 0.5) is 0 Å². The van der Waals surface area contributed by atoms with Gasteiger partial charge in [-0.15, -0.1) is 0 Å². The maximum Gasteiger partial charge on any atom is 0.305 e. The van der Waals surface area contributed by atoms with Gasteiger partial charge in [-0.1, -0.05) is 321 Å². The lowest BCUT2D eigenvalue weighted by molar-refractivity contribution is -0.143. The van der Waals surface area contributed by atoms with Crippen LogP contribution in [0.5, 0.6) is 0 Å². The van der Waals surface area contributed by atoms with E-state index in [1.54, 1.807) is 0 Å². The summed E-state index contributed by atoms with van der Waals surface area (Å²) in [6, 6.07) is -0.553. The van der Waals surface area contributed by atoms with Crippen molar-refractivity contribution in [3.05, 3.63) is 12.2 Å². The van der Waals surface area contributed by atoms with E-state index in [-0.39, 0.29) is 18.5 Å². The van der Waals surface area contributed by atoms with E-state index in [0.717, 1.165) is 70.6 Å². The molecule has 0 radical (unpaired) electrons. The van der Waals surface area contributed by atoms with Crippen LogP contribution in [0.15, 0.2) is 12.2 Å². The molecule has 0 bridgehead atoms. The first-order valence-electron chi connectivity index (χ1n) is 32.9. The molecule has 0 heterocycles. The van der Waals surface area contributed by atoms with Gasteiger partial charge in [0.1, 0.15) is 0 Å². The van der Waals surface area contributed by atoms with Crippen molar-refractivity contribution in [1.82, 2.24) is 5.32 Å². The zero-order valence-electron chi connectivity index (χ0n) is 48.9. The average Bonchev–Trinajstić information content (AvgIpc) is 3.38. The summed E-state index contributed by atoms with van der Waals surface area (Å²) >= 11 is 0. The van der Waals surface area contributed by atoms with Crippen molar-refractivity contribution >= 4 is 11.9 Å². The van der Waals surface area contributed by atoms with Crippen molar-refractivity contribution in [3.63, 3.8) is 0 Å². The molecule has 0 aromatic rings. The van der Waals surface area contributed by atoms with Crippen molar-refractivity contribution in [2.24, 2.45) is 0 Å². The highest BCUT2D eigenvalue weighted by Crippen LogP contribution is 2.19. The third-order valence-corrected chi connectivity index (χ3v) is 15.6. The number of unbranched alkanes of at least 4 members (excludes halogenated alkanes) is 49. The van der Waals surface area contributed by atoms with Crippen LogP contribution in [0.1, 0.15) is 373 Å². The Balaban J connectivity index is 3.43. The predicted octanol–water partition coefficient (Wildman–Crippen LogP) is 20.8. The number of aliphatic hydroxyl groups excluding tert-OH is 2. The van der Waals surface area contributed by atoms with E-state index in [0.29, 0.717) is 25.9 Å². The Labute approximate surface area is 450 Å². The molecular weight excluding hydrogens is 887 g/mol. The van der Waals surface area contributed by atoms with E-state index in [1.807, 2.05) is 0 Å². The van der Waals surface area contributed by atoms with Crippen LogP contribution >= 0.6 is 0 Å². The number of carbonyl (C=O) groups is 2. The third-order valence-electron chi connectivity index (χ3n) is 15.6. The monoisotopic (exact) mass is 1020 g/mol. The standard InChI is InChI=1S/C66H129NO5/c1-3-5-7-9-11-13-15-17-19-21-23-24-26-27-30-34-38-42-46-50-54-58-64(69)63(62-68)67-65(70)59-55-51-47-43-39-35-31-29-33-37-41-45-49-53-57-61-72-66(71)60-56-52-48-44-40-36-32-28-25-22-20-18-16-14-12-10-8-6-4-2/h33,37,63-64,68-69H,3-32,34-36,38-62H2,1-2H3,(H,67,70)/b37-33-. The zero-order chi connectivity index (χ0) is 52.2. The minimum atomic E-state index is -0.675. The molecule has 0 saturated heterocycles. The van der Waals surface area contributed by atoms with E-state index < -0.39 is 12.1 Å². The maximum absolute atomic E-state index is 12.5. The second kappa shape index (κ2) is 62.1. The van der Waals surface area contributed by atoms with Gasteiger partial charge in [0.15, 0.2) is 0 Å². The number of nitrogens with one attached hydrogen (secondary N) is 1. The smallest absolute Gasteiger partial charge is 0.305 e. The molecule has 0 saturated carbocycles. The molecule has 0 aliphatic heterocycles. The van der Waals surface area contributed by atoms with E-state index >= 15 is 0 Å². The highest BCUT2D eigenvalue weighted by atomic mass is 16.5. The highest BCUT2D eigenvalue weighted by Gasteiger charge is 2.20. The Morgan fingerprint density at radius 3 is 0.986 bits per heavy atom. The average molecular weight is 1020 g/mol. The molecule has 0 aromatic heterocycles. The molecule has 3 N–H and O–H groups in total. The number of carbonyl (C=O) groups excluding carboxylic acids is 2. The van der Waals surface area contributed by atoms with Gasteiger partial charge in [0, 0.05) is 12.8 Å². The molecule has 0 fully saturated rings. The van der Waals surface area contributed by atoms with Gasteiger partial charge < -0.3 is 20.3 Å². The van der Waals surface area contributed by atoms with E-state index in [1.165, 1.54) is 270 Å². The van der Waals surface area contributed by atoms with Crippen LogP contribution in [0, 0.1) is 0 Å². The van der Waals surface area contributed by atoms with E-state index in [9.17, 15) is 19.8 Å². The molecular formula is C66H129NO5. The van der Waals surface area contributed by atoms with Crippen LogP contribution in [-0.2, 0) is 14.3 Å². The summed E-state index contributed by atoms with van der Waals surface area (Å²) in [5.74, 6) is -0.0497. The topological polar surface area (TPSA) is 95.9 Å². The molecule has 0 aromatic carbocycles. The maximum atomic E-state index is 12.5. The van der Waals surface area contributed by atoms with Gasteiger partial charge in [-0.05, 0) is 51.4 Å². The Morgan fingerprint density at radius 2 is 0.653 bits per heavy atom. The lowest BCUT2D eigenvalue weighted by Crippen LogP contribution is -2.45. The molecule has 6 heteroatoms. The van der Waals surface area contributed by atoms with Crippen LogP contribution in [0.2, 0.25) is 0 Å². The van der Waals surface area contributed by atoms with Gasteiger partial charge in [-0.25, -0.2) is 0 Å². The normalized spacial score (nSPS) is 12.6. The van der Waals surface area contributed by atoms with Crippen LogP contribution in [-0.4, -0.2) is 47.4 Å². The van der Waals surface area contributed by atoms with Crippen LogP contribution in [0.3, 0.4) is 0 Å². The molecule has 2 atom stereocenters. The molecule has 6 nitrogen and oxygen atoms in total. The summed E-state index contributed by atoms with van der Waals surface area (Å²) in [7, 11) is 0. The second-order valence-corrected chi connectivity index (χ2v) is 22.8. The Morgan fingerprint density at radius 1 is 0.375 bits per heavy atom. The molecule has 0 rings (SSSR count). The summed E-state index contributed by atoms with van der Waals surface area (Å²) < 4.78 is 5.49. The molecule has 0 aliphatic rings. The fourth-order valence-electron chi connectivity index (χ4n) is 10.5. The van der Waals surface area contributed by atoms with Gasteiger partial charge in [-0.2, -0.15) is 0 Å². The number of rotatable bonds is 62. The zero-order valence-corrected chi connectivity index (χ0v) is 48.9. The van der Waals surface area contributed by atoms with Crippen molar-refractivity contribution < 1.29 is 24.5 Å². The number of amides is 1. The molecule has 0 aliphatic carbocycles. The van der Waals surface area contributed by atoms with Crippen molar-refractivity contribution in [3.8, 4) is 0 Å². The first-order chi connectivity index (χ1) is 35.5. The quantitative estimate of drug-likeness (QED) is 0.0320. The summed E-state index contributed by atoms with van der Waals surface area (Å²) in [4.78, 5) is 24.6. The first kappa shape index (κ1) is 70.6. The SMILES string of the molecule is CCCCCCCCCCCCCCCCCCCCCCCC(O)C(CO)NC(=O)CCCCCCCCC/C=C\CCCCCCOC(=O)CCCCCCCCCCCCCCCCCCCCC. The van der Waals surface area contributed by atoms with Crippen molar-refractivity contribution in [2.45, 2.75) is 386 Å². The number of hydrogen-bond donors (Lipinski definition) is 3. The lowest BCUT2D eigenvalue weighted by Gasteiger charge is -2.22. The molecule has 428 valence electrons. The number of ether oxygens (including phenoxy) is 1.